The highest BCUT2D eigenvalue weighted by molar-refractivity contribution is 5.42. The minimum absolute atomic E-state index is 0.569. The number of aryl methyl sites for hydroxylation is 2. The molecule has 4 nitrogen and oxygen atoms in total. The lowest BCUT2D eigenvalue weighted by Crippen LogP contribution is -2.01. The molecule has 0 saturated heterocycles. The predicted octanol–water partition coefficient (Wildman–Crippen LogP) is 1.24. The summed E-state index contributed by atoms with van der Waals surface area (Å²) in [5.74, 6) is 0.702. The van der Waals surface area contributed by atoms with Crippen LogP contribution in [0.25, 0.3) is 0 Å². The number of hydrogen-bond donors (Lipinski definition) is 1. The molecular formula is C9H17N3O. The van der Waals surface area contributed by atoms with E-state index in [9.17, 15) is 0 Å². The van der Waals surface area contributed by atoms with Gasteiger partial charge in [0.1, 0.15) is 5.82 Å². The van der Waals surface area contributed by atoms with Gasteiger partial charge < -0.3 is 10.5 Å². The van der Waals surface area contributed by atoms with Crippen molar-refractivity contribution in [1.29, 1.82) is 0 Å². The van der Waals surface area contributed by atoms with E-state index in [0.717, 1.165) is 24.3 Å². The van der Waals surface area contributed by atoms with Gasteiger partial charge in [-0.15, -0.1) is 0 Å². The van der Waals surface area contributed by atoms with Crippen LogP contribution in [0.2, 0.25) is 0 Å². The minimum atomic E-state index is 0.569. The number of rotatable bonds is 4. The van der Waals surface area contributed by atoms with Crippen molar-refractivity contribution < 1.29 is 4.74 Å². The van der Waals surface area contributed by atoms with E-state index in [1.807, 2.05) is 14.0 Å². The van der Waals surface area contributed by atoms with Crippen molar-refractivity contribution in [1.82, 2.24) is 9.78 Å². The first-order valence-corrected chi connectivity index (χ1v) is 4.52. The molecule has 4 heteroatoms. The third-order valence-electron chi connectivity index (χ3n) is 1.99. The summed E-state index contributed by atoms with van der Waals surface area (Å²) in [5.41, 5.74) is 7.77. The molecule has 0 amide bonds. The van der Waals surface area contributed by atoms with Crippen molar-refractivity contribution in [3.63, 3.8) is 0 Å². The Bertz CT molecular complexity index is 281. The molecule has 0 saturated carbocycles. The second-order valence-corrected chi connectivity index (χ2v) is 3.13. The summed E-state index contributed by atoms with van der Waals surface area (Å²) < 4.78 is 7.09. The van der Waals surface area contributed by atoms with E-state index in [-0.39, 0.29) is 0 Å². The van der Waals surface area contributed by atoms with Gasteiger partial charge in [0, 0.05) is 19.2 Å². The van der Waals surface area contributed by atoms with E-state index in [0.29, 0.717) is 12.4 Å². The highest BCUT2D eigenvalue weighted by atomic mass is 16.5. The smallest absolute Gasteiger partial charge is 0.127 e. The van der Waals surface area contributed by atoms with Gasteiger partial charge in [-0.05, 0) is 13.3 Å². The molecule has 1 heterocycles. The lowest BCUT2D eigenvalue weighted by Gasteiger charge is -2.02. The number of hydrogen-bond acceptors (Lipinski definition) is 3. The minimum Gasteiger partial charge on any atom is -0.384 e. The Morgan fingerprint density at radius 1 is 1.54 bits per heavy atom. The zero-order valence-corrected chi connectivity index (χ0v) is 8.50. The summed E-state index contributed by atoms with van der Waals surface area (Å²) in [4.78, 5) is 0. The summed E-state index contributed by atoms with van der Waals surface area (Å²) >= 11 is 0. The zero-order valence-electron chi connectivity index (χ0n) is 8.50. The van der Waals surface area contributed by atoms with Gasteiger partial charge in [-0.3, -0.25) is 4.68 Å². The Labute approximate surface area is 78.7 Å². The van der Waals surface area contributed by atoms with Gasteiger partial charge in [-0.2, -0.15) is 5.10 Å². The molecule has 1 aromatic heterocycles. The molecule has 0 aliphatic carbocycles. The molecule has 0 fully saturated rings. The van der Waals surface area contributed by atoms with Crippen LogP contribution >= 0.6 is 0 Å². The number of ether oxygens (including phenoxy) is 1. The van der Waals surface area contributed by atoms with Gasteiger partial charge in [-0.1, -0.05) is 6.92 Å². The lowest BCUT2D eigenvalue weighted by atomic mass is 10.2. The van der Waals surface area contributed by atoms with Crippen LogP contribution in [0.15, 0.2) is 0 Å². The van der Waals surface area contributed by atoms with Crippen LogP contribution in [0.5, 0.6) is 0 Å². The predicted molar refractivity (Wildman–Crippen MR) is 52.3 cm³/mol. The van der Waals surface area contributed by atoms with Gasteiger partial charge in [0.25, 0.3) is 0 Å². The maximum Gasteiger partial charge on any atom is 0.127 e. The number of nitrogens with zero attached hydrogens (tertiary/aromatic N) is 2. The topological polar surface area (TPSA) is 53.1 Å². The maximum absolute atomic E-state index is 5.81. The van der Waals surface area contributed by atoms with Gasteiger partial charge in [0.2, 0.25) is 0 Å². The van der Waals surface area contributed by atoms with Crippen molar-refractivity contribution in [3.8, 4) is 0 Å². The van der Waals surface area contributed by atoms with Gasteiger partial charge in [-0.25, -0.2) is 0 Å². The molecule has 0 unspecified atom stereocenters. The first-order chi connectivity index (χ1) is 6.16. The van der Waals surface area contributed by atoms with Crippen molar-refractivity contribution in [2.75, 3.05) is 12.3 Å². The van der Waals surface area contributed by atoms with E-state index < -0.39 is 0 Å². The molecule has 13 heavy (non-hydrogen) atoms. The van der Waals surface area contributed by atoms with Crippen LogP contribution in [0, 0.1) is 6.92 Å². The highest BCUT2D eigenvalue weighted by Gasteiger charge is 2.09. The molecule has 0 bridgehead atoms. The fourth-order valence-corrected chi connectivity index (χ4v) is 1.22. The molecule has 74 valence electrons. The highest BCUT2D eigenvalue weighted by Crippen LogP contribution is 2.15. The second kappa shape index (κ2) is 4.28. The number of anilines is 1. The zero-order chi connectivity index (χ0) is 9.84. The average molecular weight is 183 g/mol. The normalized spacial score (nSPS) is 10.7. The van der Waals surface area contributed by atoms with Crippen LogP contribution < -0.4 is 5.73 Å². The fraction of sp³-hybridized carbons (Fsp3) is 0.667. The number of aromatic nitrogens is 2. The Kier molecular flexibility index (Phi) is 3.31. The van der Waals surface area contributed by atoms with Gasteiger partial charge >= 0.3 is 0 Å². The summed E-state index contributed by atoms with van der Waals surface area (Å²) in [6.07, 6.45) is 1.03. The van der Waals surface area contributed by atoms with E-state index >= 15 is 0 Å². The Hall–Kier alpha value is -1.03. The lowest BCUT2D eigenvalue weighted by molar-refractivity contribution is 0.121. The van der Waals surface area contributed by atoms with Gasteiger partial charge in [0.15, 0.2) is 0 Å². The Morgan fingerprint density at radius 2 is 2.23 bits per heavy atom. The summed E-state index contributed by atoms with van der Waals surface area (Å²) in [6.45, 7) is 5.37. The SMILES string of the molecule is CCCOCc1c(C)nn(C)c1N. The third-order valence-corrected chi connectivity index (χ3v) is 1.99. The molecule has 0 radical (unpaired) electrons. The van der Waals surface area contributed by atoms with Crippen LogP contribution in [0.3, 0.4) is 0 Å². The summed E-state index contributed by atoms with van der Waals surface area (Å²) in [5, 5.41) is 4.20. The summed E-state index contributed by atoms with van der Waals surface area (Å²) in [6, 6.07) is 0. The Balaban J connectivity index is 2.64. The van der Waals surface area contributed by atoms with Crippen molar-refractivity contribution in [2.24, 2.45) is 7.05 Å². The molecular weight excluding hydrogens is 166 g/mol. The van der Waals surface area contributed by atoms with Crippen LogP contribution in [-0.4, -0.2) is 16.4 Å². The molecule has 0 atom stereocenters. The molecule has 0 aliphatic rings. The van der Waals surface area contributed by atoms with Crippen LogP contribution in [0.4, 0.5) is 5.82 Å². The average Bonchev–Trinajstić information content (AvgIpc) is 2.32. The monoisotopic (exact) mass is 183 g/mol. The third kappa shape index (κ3) is 2.21. The first-order valence-electron chi connectivity index (χ1n) is 4.52. The number of nitrogens with two attached hydrogens (primary N) is 1. The van der Waals surface area contributed by atoms with Crippen LogP contribution in [0.1, 0.15) is 24.6 Å². The standard InChI is InChI=1S/C9H17N3O/c1-4-5-13-6-8-7(2)11-12(3)9(8)10/h4-6,10H2,1-3H3. The van der Waals surface area contributed by atoms with Crippen molar-refractivity contribution in [3.05, 3.63) is 11.3 Å². The largest absolute Gasteiger partial charge is 0.384 e. The fourth-order valence-electron chi connectivity index (χ4n) is 1.22. The maximum atomic E-state index is 5.81. The molecule has 1 rings (SSSR count). The van der Waals surface area contributed by atoms with Crippen LogP contribution in [-0.2, 0) is 18.4 Å². The molecule has 0 aliphatic heterocycles. The van der Waals surface area contributed by atoms with E-state index in [2.05, 4.69) is 12.0 Å². The van der Waals surface area contributed by atoms with E-state index in [1.54, 1.807) is 4.68 Å². The molecule has 2 N–H and O–H groups in total. The summed E-state index contributed by atoms with van der Waals surface area (Å²) in [7, 11) is 1.84. The molecule has 0 spiro atoms. The van der Waals surface area contributed by atoms with E-state index in [1.165, 1.54) is 0 Å². The Morgan fingerprint density at radius 3 is 2.69 bits per heavy atom. The molecule has 0 aromatic carbocycles. The first kappa shape index (κ1) is 10.1. The second-order valence-electron chi connectivity index (χ2n) is 3.13. The van der Waals surface area contributed by atoms with Crippen molar-refractivity contribution >= 4 is 5.82 Å². The quantitative estimate of drug-likeness (QED) is 0.714. The van der Waals surface area contributed by atoms with Crippen molar-refractivity contribution in [2.45, 2.75) is 26.9 Å². The molecule has 1 aromatic rings. The number of nitrogen functional groups attached to an aromatic ring is 1. The van der Waals surface area contributed by atoms with Gasteiger partial charge in [0.05, 0.1) is 12.3 Å². The van der Waals surface area contributed by atoms with E-state index in [4.69, 9.17) is 10.5 Å².